The fourth-order valence-electron chi connectivity index (χ4n) is 1.73. The molecule has 1 atom stereocenters. The van der Waals surface area contributed by atoms with Crippen molar-refractivity contribution in [2.45, 2.75) is 13.2 Å². The minimum Gasteiger partial charge on any atom is -0.463 e. The first-order chi connectivity index (χ1) is 8.74. The van der Waals surface area contributed by atoms with Gasteiger partial charge in [0.2, 0.25) is 0 Å². The lowest BCUT2D eigenvalue weighted by atomic mass is 10.4. The predicted molar refractivity (Wildman–Crippen MR) is 62.9 cm³/mol. The van der Waals surface area contributed by atoms with Gasteiger partial charge in [-0.3, -0.25) is 0 Å². The number of esters is 1. The van der Waals surface area contributed by atoms with Gasteiger partial charge in [-0.2, -0.15) is 5.10 Å². The molecule has 0 aliphatic heterocycles. The van der Waals surface area contributed by atoms with Crippen LogP contribution >= 0.6 is 0 Å². The number of ether oxygens (including phenoxy) is 1. The van der Waals surface area contributed by atoms with Gasteiger partial charge in [0.25, 0.3) is 0 Å². The Bertz CT molecular complexity index is 637. The molecular formula is C12H11N3O3. The molecule has 3 aromatic heterocycles. The number of carbonyl (C=O) groups is 1. The molecule has 0 fully saturated rings. The Morgan fingerprint density at radius 2 is 2.50 bits per heavy atom. The van der Waals surface area contributed by atoms with Crippen LogP contribution in [-0.4, -0.2) is 20.7 Å². The maximum atomic E-state index is 11.9. The van der Waals surface area contributed by atoms with E-state index in [9.17, 15) is 4.79 Å². The minimum atomic E-state index is -0.456. The van der Waals surface area contributed by atoms with Crippen LogP contribution in [0.3, 0.4) is 0 Å². The lowest BCUT2D eigenvalue weighted by Gasteiger charge is -2.12. The molecule has 3 heterocycles. The summed E-state index contributed by atoms with van der Waals surface area (Å²) in [7, 11) is 0. The van der Waals surface area contributed by atoms with Crippen LogP contribution in [-0.2, 0) is 4.74 Å². The zero-order valence-corrected chi connectivity index (χ0v) is 9.66. The van der Waals surface area contributed by atoms with Gasteiger partial charge in [-0.15, -0.1) is 0 Å². The molecule has 0 saturated carbocycles. The average Bonchev–Trinajstić information content (AvgIpc) is 3.05. The second-order valence-corrected chi connectivity index (χ2v) is 3.87. The third-order valence-electron chi connectivity index (χ3n) is 2.63. The molecule has 92 valence electrons. The Hall–Kier alpha value is -2.50. The SMILES string of the molecule is CC(OC(=O)c1cc2occc2[nH]1)n1cccn1. The van der Waals surface area contributed by atoms with Crippen LogP contribution in [0, 0.1) is 0 Å². The predicted octanol–water partition coefficient (Wildman–Crippen LogP) is 2.33. The number of aromatic nitrogens is 3. The topological polar surface area (TPSA) is 73.0 Å². The van der Waals surface area contributed by atoms with E-state index in [2.05, 4.69) is 10.1 Å². The van der Waals surface area contributed by atoms with Crippen LogP contribution in [0.2, 0.25) is 0 Å². The molecule has 0 aromatic carbocycles. The molecule has 18 heavy (non-hydrogen) atoms. The Morgan fingerprint density at radius 1 is 1.61 bits per heavy atom. The number of furan rings is 1. The van der Waals surface area contributed by atoms with Crippen molar-refractivity contribution in [3.8, 4) is 0 Å². The molecule has 0 aliphatic carbocycles. The molecular weight excluding hydrogens is 234 g/mol. The zero-order chi connectivity index (χ0) is 12.5. The largest absolute Gasteiger partial charge is 0.463 e. The highest BCUT2D eigenvalue weighted by atomic mass is 16.6. The van der Waals surface area contributed by atoms with E-state index in [0.29, 0.717) is 11.3 Å². The Morgan fingerprint density at radius 3 is 3.22 bits per heavy atom. The molecule has 6 nitrogen and oxygen atoms in total. The van der Waals surface area contributed by atoms with Gasteiger partial charge in [-0.1, -0.05) is 0 Å². The van der Waals surface area contributed by atoms with Gasteiger partial charge in [0.05, 0.1) is 11.8 Å². The summed E-state index contributed by atoms with van der Waals surface area (Å²) >= 11 is 0. The van der Waals surface area contributed by atoms with Gasteiger partial charge in [0, 0.05) is 24.5 Å². The monoisotopic (exact) mass is 245 g/mol. The second kappa shape index (κ2) is 4.06. The lowest BCUT2D eigenvalue weighted by Crippen LogP contribution is -2.15. The molecule has 0 saturated heterocycles. The number of fused-ring (bicyclic) bond motifs is 1. The number of rotatable bonds is 3. The Labute approximate surface area is 102 Å². The van der Waals surface area contributed by atoms with Crippen molar-refractivity contribution in [3.05, 3.63) is 42.5 Å². The summed E-state index contributed by atoms with van der Waals surface area (Å²) in [5.41, 5.74) is 1.77. The van der Waals surface area contributed by atoms with Crippen LogP contribution in [0.25, 0.3) is 11.1 Å². The maximum absolute atomic E-state index is 11.9. The van der Waals surface area contributed by atoms with Crippen LogP contribution in [0.4, 0.5) is 0 Å². The number of carbonyl (C=O) groups excluding carboxylic acids is 1. The van der Waals surface area contributed by atoms with Crippen LogP contribution in [0.15, 0.2) is 41.3 Å². The van der Waals surface area contributed by atoms with E-state index >= 15 is 0 Å². The standard InChI is InChI=1S/C12H11N3O3/c1-8(15-5-2-4-13-15)18-12(16)10-7-11-9(14-10)3-6-17-11/h2-8,14H,1H3. The number of hydrogen-bond donors (Lipinski definition) is 1. The number of H-pyrrole nitrogens is 1. The van der Waals surface area contributed by atoms with E-state index in [1.54, 1.807) is 48.5 Å². The van der Waals surface area contributed by atoms with E-state index in [1.165, 1.54) is 0 Å². The molecule has 0 radical (unpaired) electrons. The second-order valence-electron chi connectivity index (χ2n) is 3.87. The highest BCUT2D eigenvalue weighted by Gasteiger charge is 2.16. The average molecular weight is 245 g/mol. The molecule has 0 spiro atoms. The molecule has 1 unspecified atom stereocenters. The third kappa shape index (κ3) is 1.77. The number of hydrogen-bond acceptors (Lipinski definition) is 4. The van der Waals surface area contributed by atoms with Crippen molar-refractivity contribution in [2.24, 2.45) is 0 Å². The Balaban J connectivity index is 1.77. The molecule has 1 N–H and O–H groups in total. The highest BCUT2D eigenvalue weighted by molar-refractivity contribution is 5.93. The fourth-order valence-corrected chi connectivity index (χ4v) is 1.73. The Kier molecular flexibility index (Phi) is 2.40. The normalized spacial score (nSPS) is 12.7. The van der Waals surface area contributed by atoms with Gasteiger partial charge in [-0.25, -0.2) is 9.48 Å². The smallest absolute Gasteiger partial charge is 0.356 e. The van der Waals surface area contributed by atoms with E-state index in [0.717, 1.165) is 5.52 Å². The van der Waals surface area contributed by atoms with Crippen molar-refractivity contribution in [1.82, 2.24) is 14.8 Å². The van der Waals surface area contributed by atoms with Gasteiger partial charge in [0.1, 0.15) is 5.69 Å². The minimum absolute atomic E-state index is 0.364. The van der Waals surface area contributed by atoms with E-state index in [4.69, 9.17) is 9.15 Å². The van der Waals surface area contributed by atoms with E-state index in [-0.39, 0.29) is 0 Å². The summed E-state index contributed by atoms with van der Waals surface area (Å²) in [6.45, 7) is 1.75. The quantitative estimate of drug-likeness (QED) is 0.719. The van der Waals surface area contributed by atoms with Gasteiger partial charge < -0.3 is 14.1 Å². The first kappa shape index (κ1) is 10.6. The van der Waals surface area contributed by atoms with Crippen LogP contribution < -0.4 is 0 Å². The summed E-state index contributed by atoms with van der Waals surface area (Å²) in [5, 5.41) is 4.01. The molecule has 6 heteroatoms. The van der Waals surface area contributed by atoms with Crippen molar-refractivity contribution in [2.75, 3.05) is 0 Å². The summed E-state index contributed by atoms with van der Waals surface area (Å²) < 4.78 is 12.0. The van der Waals surface area contributed by atoms with Crippen molar-refractivity contribution in [1.29, 1.82) is 0 Å². The van der Waals surface area contributed by atoms with Gasteiger partial charge in [-0.05, 0) is 13.0 Å². The molecule has 0 bridgehead atoms. The third-order valence-corrected chi connectivity index (χ3v) is 2.63. The first-order valence-corrected chi connectivity index (χ1v) is 5.50. The zero-order valence-electron chi connectivity index (χ0n) is 9.66. The molecule has 0 amide bonds. The van der Waals surface area contributed by atoms with Crippen LogP contribution in [0.1, 0.15) is 23.6 Å². The maximum Gasteiger partial charge on any atom is 0.356 e. The van der Waals surface area contributed by atoms with Gasteiger partial charge in [0.15, 0.2) is 11.8 Å². The van der Waals surface area contributed by atoms with Gasteiger partial charge >= 0.3 is 5.97 Å². The summed E-state index contributed by atoms with van der Waals surface area (Å²) in [6, 6.07) is 5.14. The molecule has 0 aliphatic rings. The van der Waals surface area contributed by atoms with Crippen molar-refractivity contribution in [3.63, 3.8) is 0 Å². The number of nitrogens with one attached hydrogen (secondary N) is 1. The fraction of sp³-hybridized carbons (Fsp3) is 0.167. The van der Waals surface area contributed by atoms with E-state index < -0.39 is 12.2 Å². The van der Waals surface area contributed by atoms with Crippen molar-refractivity contribution >= 4 is 17.1 Å². The van der Waals surface area contributed by atoms with Crippen molar-refractivity contribution < 1.29 is 13.9 Å². The number of nitrogens with zero attached hydrogens (tertiary/aromatic N) is 2. The number of aromatic amines is 1. The van der Waals surface area contributed by atoms with Crippen LogP contribution in [0.5, 0.6) is 0 Å². The molecule has 3 aromatic rings. The summed E-state index contributed by atoms with van der Waals surface area (Å²) in [4.78, 5) is 14.8. The summed E-state index contributed by atoms with van der Waals surface area (Å²) in [6.07, 6.45) is 4.47. The van der Waals surface area contributed by atoms with E-state index in [1.807, 2.05) is 0 Å². The highest BCUT2D eigenvalue weighted by Crippen LogP contribution is 2.18. The lowest BCUT2D eigenvalue weighted by molar-refractivity contribution is 0.0112. The molecule has 3 rings (SSSR count). The summed E-state index contributed by atoms with van der Waals surface area (Å²) in [5.74, 6) is -0.440. The first-order valence-electron chi connectivity index (χ1n) is 5.50.